The summed E-state index contributed by atoms with van der Waals surface area (Å²) in [6.45, 7) is 0.388. The Morgan fingerprint density at radius 2 is 1.85 bits per heavy atom. The molecule has 0 unspecified atom stereocenters. The number of hydrogen-bond donors (Lipinski definition) is 1. The molecule has 1 aliphatic heterocycles. The highest BCUT2D eigenvalue weighted by molar-refractivity contribution is 7.98. The number of sulfonamides is 1. The summed E-state index contributed by atoms with van der Waals surface area (Å²) in [6, 6.07) is 12.9. The van der Waals surface area contributed by atoms with Gasteiger partial charge in [0.05, 0.1) is 0 Å². The zero-order chi connectivity index (χ0) is 19.4. The number of carbonyl (C=O) groups is 1. The number of anilines is 1. The number of benzene rings is 2. The number of thioether (sulfide) groups is 1. The third-order valence-corrected chi connectivity index (χ3v) is 7.27. The minimum atomic E-state index is -3.89. The van der Waals surface area contributed by atoms with Gasteiger partial charge in [0.1, 0.15) is 10.7 Å². The molecule has 1 amide bonds. The van der Waals surface area contributed by atoms with Crippen molar-refractivity contribution < 1.29 is 17.6 Å². The number of amides is 1. The van der Waals surface area contributed by atoms with Crippen LogP contribution in [0.3, 0.4) is 0 Å². The molecular formula is C19H21FN2O3S2. The summed E-state index contributed by atoms with van der Waals surface area (Å²) in [7, 11) is -3.89. The van der Waals surface area contributed by atoms with Gasteiger partial charge in [-0.3, -0.25) is 4.79 Å². The fourth-order valence-electron chi connectivity index (χ4n) is 3.10. The van der Waals surface area contributed by atoms with Crippen LogP contribution in [0.4, 0.5) is 10.1 Å². The zero-order valence-corrected chi connectivity index (χ0v) is 16.5. The van der Waals surface area contributed by atoms with Crippen molar-refractivity contribution in [2.75, 3.05) is 24.7 Å². The molecule has 0 aliphatic carbocycles. The third kappa shape index (κ3) is 4.51. The number of halogens is 1. The van der Waals surface area contributed by atoms with E-state index >= 15 is 0 Å². The molecule has 0 bridgehead atoms. The highest BCUT2D eigenvalue weighted by Gasteiger charge is 2.33. The average molecular weight is 409 g/mol. The van der Waals surface area contributed by atoms with E-state index in [-0.39, 0.29) is 29.8 Å². The predicted octanol–water partition coefficient (Wildman–Crippen LogP) is 3.59. The van der Waals surface area contributed by atoms with Crippen LogP contribution in [-0.2, 0) is 14.8 Å². The van der Waals surface area contributed by atoms with Crippen LogP contribution in [0.15, 0.2) is 58.3 Å². The van der Waals surface area contributed by atoms with Crippen LogP contribution >= 0.6 is 11.8 Å². The van der Waals surface area contributed by atoms with Gasteiger partial charge in [0.25, 0.3) is 0 Å². The summed E-state index contributed by atoms with van der Waals surface area (Å²) in [5.74, 6) is -1.14. The van der Waals surface area contributed by atoms with Crippen LogP contribution in [-0.4, -0.2) is 38.0 Å². The maximum Gasteiger partial charge on any atom is 0.245 e. The second-order valence-electron chi connectivity index (χ2n) is 6.33. The molecule has 5 nitrogen and oxygen atoms in total. The molecule has 2 aromatic carbocycles. The molecule has 0 radical (unpaired) electrons. The molecule has 1 saturated heterocycles. The van der Waals surface area contributed by atoms with E-state index in [2.05, 4.69) is 5.32 Å². The lowest BCUT2D eigenvalue weighted by atomic mass is 9.97. The molecule has 3 rings (SSSR count). The molecule has 144 valence electrons. The first-order valence-electron chi connectivity index (χ1n) is 8.61. The van der Waals surface area contributed by atoms with Gasteiger partial charge in [-0.25, -0.2) is 12.8 Å². The van der Waals surface area contributed by atoms with Gasteiger partial charge in [0.15, 0.2) is 0 Å². The standard InChI is InChI=1S/C19H21FN2O3S2/c1-26-16-6-4-5-15(13-16)21-19(23)14-9-11-22(12-10-14)27(24,25)18-8-3-2-7-17(18)20/h2-8,13-14H,9-12H2,1H3,(H,21,23). The first kappa shape index (κ1) is 19.9. The van der Waals surface area contributed by atoms with Crippen molar-refractivity contribution in [1.29, 1.82) is 0 Å². The first-order chi connectivity index (χ1) is 12.9. The van der Waals surface area contributed by atoms with Crippen molar-refractivity contribution in [3.63, 3.8) is 0 Å². The Hall–Kier alpha value is -1.90. The molecule has 1 heterocycles. The Balaban J connectivity index is 1.63. The molecule has 0 spiro atoms. The summed E-state index contributed by atoms with van der Waals surface area (Å²) in [4.78, 5) is 13.2. The lowest BCUT2D eigenvalue weighted by Crippen LogP contribution is -2.41. The van der Waals surface area contributed by atoms with Crippen LogP contribution < -0.4 is 5.32 Å². The Morgan fingerprint density at radius 1 is 1.15 bits per heavy atom. The van der Waals surface area contributed by atoms with Crippen LogP contribution in [0.1, 0.15) is 12.8 Å². The number of nitrogens with one attached hydrogen (secondary N) is 1. The minimum absolute atomic E-state index is 0.115. The number of piperidine rings is 1. The van der Waals surface area contributed by atoms with E-state index in [9.17, 15) is 17.6 Å². The van der Waals surface area contributed by atoms with Gasteiger partial charge < -0.3 is 5.32 Å². The van der Waals surface area contributed by atoms with Gasteiger partial charge in [-0.2, -0.15) is 4.31 Å². The second kappa shape index (κ2) is 8.41. The molecule has 27 heavy (non-hydrogen) atoms. The Morgan fingerprint density at radius 3 is 2.52 bits per heavy atom. The van der Waals surface area contributed by atoms with Crippen molar-refractivity contribution in [2.24, 2.45) is 5.92 Å². The largest absolute Gasteiger partial charge is 0.326 e. The lowest BCUT2D eigenvalue weighted by molar-refractivity contribution is -0.120. The van der Waals surface area contributed by atoms with Gasteiger partial charge in [-0.15, -0.1) is 11.8 Å². The highest BCUT2D eigenvalue weighted by atomic mass is 32.2. The SMILES string of the molecule is CSc1cccc(NC(=O)C2CCN(S(=O)(=O)c3ccccc3F)CC2)c1. The topological polar surface area (TPSA) is 66.5 Å². The van der Waals surface area contributed by atoms with Gasteiger partial charge in [0, 0.05) is 29.6 Å². The zero-order valence-electron chi connectivity index (χ0n) is 14.9. The lowest BCUT2D eigenvalue weighted by Gasteiger charge is -2.30. The number of rotatable bonds is 5. The molecule has 0 saturated carbocycles. The van der Waals surface area contributed by atoms with Crippen LogP contribution in [0.2, 0.25) is 0 Å². The molecular weight excluding hydrogens is 387 g/mol. The summed E-state index contributed by atoms with van der Waals surface area (Å²) in [5, 5.41) is 2.90. The van der Waals surface area contributed by atoms with E-state index in [0.29, 0.717) is 12.8 Å². The van der Waals surface area contributed by atoms with Crippen molar-refractivity contribution >= 4 is 33.4 Å². The van der Waals surface area contributed by atoms with Crippen LogP contribution in [0.5, 0.6) is 0 Å². The van der Waals surface area contributed by atoms with Gasteiger partial charge in [0.2, 0.25) is 15.9 Å². The maximum atomic E-state index is 13.9. The quantitative estimate of drug-likeness (QED) is 0.768. The normalized spacial score (nSPS) is 16.2. The molecule has 1 fully saturated rings. The molecule has 1 N–H and O–H groups in total. The summed E-state index contributed by atoms with van der Waals surface area (Å²) < 4.78 is 40.4. The van der Waals surface area contributed by atoms with E-state index in [1.54, 1.807) is 11.8 Å². The van der Waals surface area contributed by atoms with Gasteiger partial charge >= 0.3 is 0 Å². The van der Waals surface area contributed by atoms with Gasteiger partial charge in [-0.05, 0) is 49.4 Å². The summed E-state index contributed by atoms with van der Waals surface area (Å²) in [5.41, 5.74) is 0.730. The van der Waals surface area contributed by atoms with E-state index in [4.69, 9.17) is 0 Å². The van der Waals surface area contributed by atoms with E-state index in [1.807, 2.05) is 30.5 Å². The molecule has 0 atom stereocenters. The van der Waals surface area contributed by atoms with Gasteiger partial charge in [-0.1, -0.05) is 18.2 Å². The number of hydrogen-bond acceptors (Lipinski definition) is 4. The van der Waals surface area contributed by atoms with Crippen LogP contribution in [0, 0.1) is 11.7 Å². The molecule has 8 heteroatoms. The first-order valence-corrected chi connectivity index (χ1v) is 11.3. The fraction of sp³-hybridized carbons (Fsp3) is 0.316. The molecule has 1 aliphatic rings. The third-order valence-electron chi connectivity index (χ3n) is 4.62. The van der Waals surface area contributed by atoms with Crippen LogP contribution in [0.25, 0.3) is 0 Å². The smallest absolute Gasteiger partial charge is 0.245 e. The predicted molar refractivity (Wildman–Crippen MR) is 105 cm³/mol. The highest BCUT2D eigenvalue weighted by Crippen LogP contribution is 2.26. The Kier molecular flexibility index (Phi) is 6.18. The number of carbonyl (C=O) groups excluding carboxylic acids is 1. The summed E-state index contributed by atoms with van der Waals surface area (Å²) in [6.07, 6.45) is 2.77. The van der Waals surface area contributed by atoms with E-state index < -0.39 is 15.8 Å². The van der Waals surface area contributed by atoms with Crippen molar-refractivity contribution in [1.82, 2.24) is 4.31 Å². The monoisotopic (exact) mass is 408 g/mol. The van der Waals surface area contributed by atoms with E-state index in [0.717, 1.165) is 16.6 Å². The summed E-state index contributed by atoms with van der Waals surface area (Å²) >= 11 is 1.59. The average Bonchev–Trinajstić information content (AvgIpc) is 2.68. The van der Waals surface area contributed by atoms with Crippen molar-refractivity contribution in [2.45, 2.75) is 22.6 Å². The van der Waals surface area contributed by atoms with Crippen molar-refractivity contribution in [3.05, 3.63) is 54.3 Å². The molecule has 2 aromatic rings. The molecule has 0 aromatic heterocycles. The minimum Gasteiger partial charge on any atom is -0.326 e. The number of nitrogens with zero attached hydrogens (tertiary/aromatic N) is 1. The Labute approximate surface area is 163 Å². The van der Waals surface area contributed by atoms with Crippen molar-refractivity contribution in [3.8, 4) is 0 Å². The Bertz CT molecular complexity index is 926. The maximum absolute atomic E-state index is 13.9. The van der Waals surface area contributed by atoms with E-state index in [1.165, 1.54) is 22.5 Å². The fourth-order valence-corrected chi connectivity index (χ4v) is 5.09. The second-order valence-corrected chi connectivity index (χ2v) is 9.12.